The fourth-order valence-electron chi connectivity index (χ4n) is 9.90. The second kappa shape index (κ2) is 27.4. The van der Waals surface area contributed by atoms with Gasteiger partial charge in [0.1, 0.15) is 72.0 Å². The number of benzene rings is 5. The maximum absolute atomic E-state index is 13.6. The van der Waals surface area contributed by atoms with Crippen molar-refractivity contribution in [1.29, 1.82) is 0 Å². The molecule has 0 fully saturated rings. The number of amides is 3. The molecule has 0 unspecified atom stereocenters. The highest BCUT2D eigenvalue weighted by atomic mass is 32.2. The number of halogens is 1. The van der Waals surface area contributed by atoms with Crippen molar-refractivity contribution < 1.29 is 58.2 Å². The molecule has 9 N–H and O–H groups in total. The first kappa shape index (κ1) is 68.0. The van der Waals surface area contributed by atoms with Gasteiger partial charge in [-0.2, -0.15) is 0 Å². The molecule has 0 radical (unpaired) electrons. The molecule has 11 rings (SSSR count). The highest BCUT2D eigenvalue weighted by molar-refractivity contribution is 7.90. The lowest BCUT2D eigenvalue weighted by Crippen LogP contribution is -2.48. The summed E-state index contributed by atoms with van der Waals surface area (Å²) in [4.78, 5) is 50.9. The van der Waals surface area contributed by atoms with Crippen molar-refractivity contribution in [1.82, 2.24) is 35.5 Å². The monoisotopic (exact) mass is 1340 g/mol. The summed E-state index contributed by atoms with van der Waals surface area (Å²) in [7, 11) is -10.9. The number of hydrogen-bond acceptors (Lipinski definition) is 18. The quantitative estimate of drug-likeness (QED) is 0.0562. The Morgan fingerprint density at radius 3 is 1.31 bits per heavy atom. The molecule has 3 aromatic heterocycles. The van der Waals surface area contributed by atoms with Gasteiger partial charge in [-0.15, -0.1) is 13.2 Å². The van der Waals surface area contributed by atoms with E-state index in [-0.39, 0.29) is 78.1 Å². The Labute approximate surface area is 543 Å². The molecule has 0 aliphatic carbocycles. The molecule has 0 saturated heterocycles. The summed E-state index contributed by atoms with van der Waals surface area (Å²) in [6.45, 7) is 13.1. The molecule has 29 heteroatoms. The minimum Gasteiger partial charge on any atom is -0.490 e. The second-order valence-electron chi connectivity index (χ2n) is 23.9. The van der Waals surface area contributed by atoms with Crippen LogP contribution in [0, 0.1) is 12.7 Å². The van der Waals surface area contributed by atoms with Gasteiger partial charge in [0.2, 0.25) is 0 Å². The van der Waals surface area contributed by atoms with Crippen LogP contribution in [-0.4, -0.2) is 116 Å². The molecule has 3 aliphatic rings. The third kappa shape index (κ3) is 17.4. The summed E-state index contributed by atoms with van der Waals surface area (Å²) < 4.78 is 115. The molecular formula is C65H68FN13O12S3. The number of carbonyl (C=O) groups is 3. The first-order chi connectivity index (χ1) is 44.2. The minimum atomic E-state index is -3.65. The van der Waals surface area contributed by atoms with E-state index in [1.807, 2.05) is 40.7 Å². The van der Waals surface area contributed by atoms with Crippen LogP contribution in [0.25, 0.3) is 17.1 Å². The number of amidine groups is 3. The summed E-state index contributed by atoms with van der Waals surface area (Å²) in [5.74, 6) is 0.334. The first-order valence-electron chi connectivity index (χ1n) is 28.9. The van der Waals surface area contributed by atoms with Crippen molar-refractivity contribution in [3.63, 3.8) is 0 Å². The average Bonchev–Trinajstić information content (AvgIpc) is 0.923. The molecule has 490 valence electrons. The smallest absolute Gasteiger partial charge is 0.259 e. The van der Waals surface area contributed by atoms with Gasteiger partial charge in [-0.25, -0.2) is 39.6 Å². The molecule has 0 atom stereocenters. The number of carbonyl (C=O) groups excluding carboxylic acids is 3. The maximum Gasteiger partial charge on any atom is 0.259 e. The predicted octanol–water partition coefficient (Wildman–Crippen LogP) is 6.56. The lowest BCUT2D eigenvalue weighted by molar-refractivity contribution is 0.0872. The lowest BCUT2D eigenvalue weighted by atomic mass is 10.0. The van der Waals surface area contributed by atoms with Gasteiger partial charge in [-0.1, -0.05) is 66.7 Å². The van der Waals surface area contributed by atoms with Crippen molar-refractivity contribution in [3.8, 4) is 34.3 Å². The van der Waals surface area contributed by atoms with Crippen LogP contribution in [-0.2, 0) is 47.3 Å². The van der Waals surface area contributed by atoms with Crippen LogP contribution < -0.4 is 47.4 Å². The highest BCUT2D eigenvalue weighted by Crippen LogP contribution is 2.32. The number of aryl methyl sites for hydroxylation is 1. The van der Waals surface area contributed by atoms with Gasteiger partial charge in [0.15, 0.2) is 0 Å². The summed E-state index contributed by atoms with van der Waals surface area (Å²) in [5.41, 5.74) is 20.8. The summed E-state index contributed by atoms with van der Waals surface area (Å²) >= 11 is 0. The summed E-state index contributed by atoms with van der Waals surface area (Å²) in [6, 6.07) is 36.5. The molecule has 8 aromatic rings. The van der Waals surface area contributed by atoms with E-state index in [1.165, 1.54) is 18.3 Å². The van der Waals surface area contributed by atoms with Crippen molar-refractivity contribution in [2.75, 3.05) is 19.8 Å². The van der Waals surface area contributed by atoms with Crippen LogP contribution in [0.4, 0.5) is 4.39 Å². The minimum absolute atomic E-state index is 0.0804. The Hall–Kier alpha value is -10.4. The SMILES string of the molecule is CC(C)(COc1cccc2c1C(N)=NS(=O)(=O)C2)NC(=O)c1ccccc1.CC(C)(COc1cccc2c1C(N)=NS(=O)(=O)C2)NC(=O)c1ccnc(-c2cccc(F)c2)c1.Cc1nccn1-c1cc(C(=O)NC(C)(C)COc2cccc3c2C(N)=NS(=O)(=O)C3)ccn1. The number of nitrogens with zero attached hydrogens (tertiary/aromatic N) is 7. The lowest BCUT2D eigenvalue weighted by Gasteiger charge is -2.27. The zero-order valence-electron chi connectivity index (χ0n) is 52.1. The van der Waals surface area contributed by atoms with Gasteiger partial charge in [0, 0.05) is 47.0 Å². The van der Waals surface area contributed by atoms with E-state index in [1.54, 1.807) is 152 Å². The Balaban J connectivity index is 0.000000167. The van der Waals surface area contributed by atoms with Gasteiger partial charge in [0.25, 0.3) is 47.8 Å². The maximum atomic E-state index is 13.6. The number of hydrogen-bond donors (Lipinski definition) is 6. The van der Waals surface area contributed by atoms with Crippen LogP contribution in [0.5, 0.6) is 17.2 Å². The largest absolute Gasteiger partial charge is 0.490 e. The normalized spacial score (nSPS) is 14.9. The molecule has 94 heavy (non-hydrogen) atoms. The standard InChI is InChI=1S/C24H23FN4O4S.C22H24N6O4S.C19H21N3O4S/c1-24(2,14-33-20-8-4-6-17-13-34(31,32)29-22(26)21(17)20)28-23(30)16-9-10-27-19(12-16)15-5-3-7-18(25)11-15;1-14-24-9-10-28(14)18-11-15(7-8-25-18)21(29)26-22(2,3)13-32-17-6-4-5-16-12-33(30,31)27-20(23)19(16)17;1-19(2,21-18(23)13-7-4-3-5-8-13)12-26-15-10-6-9-14-11-27(24,25)22-17(20)16(14)15/h3-12H,13-14H2,1-2H3,(H2,26,29)(H,28,30);4-11H,12-13H2,1-3H3,(H2,23,27)(H,26,29);3-10H,11-12H2,1-2H3,(H2,20,22)(H,21,23). The number of pyridine rings is 2. The summed E-state index contributed by atoms with van der Waals surface area (Å²) in [5, 5.41) is 8.80. The summed E-state index contributed by atoms with van der Waals surface area (Å²) in [6.07, 6.45) is 6.50. The van der Waals surface area contributed by atoms with E-state index >= 15 is 0 Å². The van der Waals surface area contributed by atoms with Gasteiger partial charge in [-0.3, -0.25) is 23.9 Å². The van der Waals surface area contributed by atoms with Crippen LogP contribution in [0.3, 0.4) is 0 Å². The molecule has 0 saturated carbocycles. The second-order valence-corrected chi connectivity index (χ2v) is 28.8. The number of nitrogens with two attached hydrogens (primary N) is 3. The fourth-order valence-corrected chi connectivity index (χ4v) is 13.2. The van der Waals surface area contributed by atoms with E-state index in [0.29, 0.717) is 84.4 Å². The third-order valence-electron chi connectivity index (χ3n) is 14.2. The predicted molar refractivity (Wildman–Crippen MR) is 353 cm³/mol. The zero-order valence-corrected chi connectivity index (χ0v) is 54.6. The van der Waals surface area contributed by atoms with Crippen molar-refractivity contribution in [2.45, 2.75) is 82.3 Å². The molecule has 6 heterocycles. The van der Waals surface area contributed by atoms with E-state index in [4.69, 9.17) is 31.4 Å². The number of sulfonamides is 3. The zero-order chi connectivity index (χ0) is 68.0. The number of fused-ring (bicyclic) bond motifs is 3. The van der Waals surface area contributed by atoms with E-state index in [9.17, 15) is 44.0 Å². The molecule has 3 aliphatic heterocycles. The van der Waals surface area contributed by atoms with Crippen molar-refractivity contribution in [3.05, 3.63) is 220 Å². The van der Waals surface area contributed by atoms with E-state index in [0.717, 1.165) is 5.82 Å². The first-order valence-corrected chi connectivity index (χ1v) is 33.8. The molecule has 25 nitrogen and oxygen atoms in total. The van der Waals surface area contributed by atoms with E-state index in [2.05, 4.69) is 44.1 Å². The Kier molecular flexibility index (Phi) is 19.8. The van der Waals surface area contributed by atoms with Crippen LogP contribution in [0.15, 0.2) is 171 Å². The van der Waals surface area contributed by atoms with Crippen molar-refractivity contribution in [2.24, 2.45) is 30.4 Å². The molecule has 5 aromatic carbocycles. The number of ether oxygens (including phenoxy) is 3. The average molecular weight is 1340 g/mol. The molecular weight excluding hydrogens is 1270 g/mol. The van der Waals surface area contributed by atoms with Gasteiger partial charge in [0.05, 0.1) is 56.3 Å². The van der Waals surface area contributed by atoms with Crippen LogP contribution in [0.1, 0.15) is 112 Å². The van der Waals surface area contributed by atoms with Gasteiger partial charge in [-0.05, 0) is 132 Å². The van der Waals surface area contributed by atoms with Crippen LogP contribution >= 0.6 is 0 Å². The van der Waals surface area contributed by atoms with Gasteiger partial charge >= 0.3 is 0 Å². The number of rotatable bonds is 17. The number of nitrogens with one attached hydrogen (secondary N) is 3. The Bertz CT molecular complexity index is 4690. The van der Waals surface area contributed by atoms with E-state index < -0.39 is 46.7 Å². The Morgan fingerprint density at radius 1 is 0.489 bits per heavy atom. The number of imidazole rings is 1. The molecule has 0 bridgehead atoms. The van der Waals surface area contributed by atoms with Crippen molar-refractivity contribution >= 4 is 65.3 Å². The Morgan fingerprint density at radius 2 is 0.894 bits per heavy atom. The molecule has 3 amide bonds. The molecule has 0 spiro atoms. The van der Waals surface area contributed by atoms with Gasteiger partial charge < -0.3 is 47.4 Å². The topological polar surface area (TPSA) is 376 Å². The van der Waals surface area contributed by atoms with Crippen LogP contribution in [0.2, 0.25) is 0 Å². The fraction of sp³-hybridized carbons (Fsp3) is 0.246. The third-order valence-corrected chi connectivity index (χ3v) is 17.7. The highest BCUT2D eigenvalue weighted by Gasteiger charge is 2.32. The number of aromatic nitrogens is 4.